The van der Waals surface area contributed by atoms with E-state index in [2.05, 4.69) is 5.32 Å². The molecule has 6 heteroatoms. The van der Waals surface area contributed by atoms with Gasteiger partial charge in [0.2, 0.25) is 5.76 Å². The van der Waals surface area contributed by atoms with Crippen molar-refractivity contribution in [1.82, 2.24) is 10.2 Å². The van der Waals surface area contributed by atoms with Gasteiger partial charge in [-0.3, -0.25) is 0 Å². The molecule has 23 heavy (non-hydrogen) atoms. The van der Waals surface area contributed by atoms with Crippen LogP contribution in [0, 0.1) is 17.2 Å². The second-order valence-corrected chi connectivity index (χ2v) is 6.92. The lowest BCUT2D eigenvalue weighted by Crippen LogP contribution is -2.35. The lowest BCUT2D eigenvalue weighted by molar-refractivity contribution is 0.0287. The number of nitriles is 1. The van der Waals surface area contributed by atoms with Crippen molar-refractivity contribution in [2.24, 2.45) is 5.92 Å². The van der Waals surface area contributed by atoms with Crippen LogP contribution in [-0.4, -0.2) is 36.2 Å². The standard InChI is InChI=1S/C17H25N3O3/c1-17(2,3)23-16(21)20-9-7-13(12-20)6-8-19-11-15-5-4-14(10-18)22-15/h4-5,13,19H,6-9,11-12H2,1-3H3. The molecule has 1 aliphatic rings. The van der Waals surface area contributed by atoms with Crippen LogP contribution in [-0.2, 0) is 11.3 Å². The molecule has 1 aromatic rings. The van der Waals surface area contributed by atoms with Crippen LogP contribution in [0.4, 0.5) is 4.79 Å². The van der Waals surface area contributed by atoms with Gasteiger partial charge < -0.3 is 19.4 Å². The van der Waals surface area contributed by atoms with Gasteiger partial charge in [0.15, 0.2) is 0 Å². The average Bonchev–Trinajstić information content (AvgIpc) is 3.11. The van der Waals surface area contributed by atoms with E-state index in [1.54, 1.807) is 11.0 Å². The fourth-order valence-electron chi connectivity index (χ4n) is 2.61. The van der Waals surface area contributed by atoms with E-state index in [0.29, 0.717) is 18.2 Å². The predicted octanol–water partition coefficient (Wildman–Crippen LogP) is 2.89. The van der Waals surface area contributed by atoms with Gasteiger partial charge in [-0.15, -0.1) is 0 Å². The van der Waals surface area contributed by atoms with Crippen molar-refractivity contribution in [3.05, 3.63) is 23.7 Å². The molecule has 0 spiro atoms. The maximum atomic E-state index is 12.0. The van der Waals surface area contributed by atoms with Crippen LogP contribution in [0.25, 0.3) is 0 Å². The number of ether oxygens (including phenoxy) is 1. The summed E-state index contributed by atoms with van der Waals surface area (Å²) in [6.45, 7) is 8.65. The Kier molecular flexibility index (Phi) is 5.67. The number of hydrogen-bond donors (Lipinski definition) is 1. The molecule has 126 valence electrons. The number of rotatable bonds is 5. The molecule has 1 atom stereocenters. The van der Waals surface area contributed by atoms with E-state index in [-0.39, 0.29) is 6.09 Å². The van der Waals surface area contributed by atoms with Gasteiger partial charge in [-0.1, -0.05) is 0 Å². The zero-order chi connectivity index (χ0) is 16.9. The molecular weight excluding hydrogens is 294 g/mol. The highest BCUT2D eigenvalue weighted by Crippen LogP contribution is 2.21. The Morgan fingerprint density at radius 1 is 1.52 bits per heavy atom. The molecule has 0 radical (unpaired) electrons. The second kappa shape index (κ2) is 7.51. The quantitative estimate of drug-likeness (QED) is 0.844. The number of nitrogens with one attached hydrogen (secondary N) is 1. The van der Waals surface area contributed by atoms with Crippen LogP contribution < -0.4 is 5.32 Å². The zero-order valence-electron chi connectivity index (χ0n) is 14.1. The molecule has 1 saturated heterocycles. The first kappa shape index (κ1) is 17.4. The number of carbonyl (C=O) groups excluding carboxylic acids is 1. The van der Waals surface area contributed by atoms with E-state index in [9.17, 15) is 4.79 Å². The van der Waals surface area contributed by atoms with Crippen molar-refractivity contribution >= 4 is 6.09 Å². The van der Waals surface area contributed by atoms with E-state index in [0.717, 1.165) is 38.2 Å². The minimum Gasteiger partial charge on any atom is -0.449 e. The molecule has 1 unspecified atom stereocenters. The van der Waals surface area contributed by atoms with Gasteiger partial charge >= 0.3 is 6.09 Å². The van der Waals surface area contributed by atoms with E-state index in [4.69, 9.17) is 14.4 Å². The maximum Gasteiger partial charge on any atom is 0.410 e. The summed E-state index contributed by atoms with van der Waals surface area (Å²) in [6.07, 6.45) is 1.80. The number of furan rings is 1. The number of nitrogens with zero attached hydrogens (tertiary/aromatic N) is 2. The summed E-state index contributed by atoms with van der Waals surface area (Å²) >= 11 is 0. The summed E-state index contributed by atoms with van der Waals surface area (Å²) in [6, 6.07) is 5.45. The van der Waals surface area contributed by atoms with E-state index < -0.39 is 5.60 Å². The molecule has 1 aromatic heterocycles. The predicted molar refractivity (Wildman–Crippen MR) is 85.7 cm³/mol. The highest BCUT2D eigenvalue weighted by atomic mass is 16.6. The SMILES string of the molecule is CC(C)(C)OC(=O)N1CCC(CCNCc2ccc(C#N)o2)C1. The fourth-order valence-corrected chi connectivity index (χ4v) is 2.61. The molecule has 1 N–H and O–H groups in total. The summed E-state index contributed by atoms with van der Waals surface area (Å²) in [4.78, 5) is 13.8. The van der Waals surface area contributed by atoms with Crippen molar-refractivity contribution in [2.45, 2.75) is 45.8 Å². The Labute approximate surface area is 137 Å². The van der Waals surface area contributed by atoms with Crippen molar-refractivity contribution in [2.75, 3.05) is 19.6 Å². The molecule has 0 aromatic carbocycles. The van der Waals surface area contributed by atoms with Gasteiger partial charge in [0, 0.05) is 13.1 Å². The minimum atomic E-state index is -0.442. The van der Waals surface area contributed by atoms with Gasteiger partial charge in [-0.05, 0) is 58.2 Å². The molecule has 2 rings (SSSR count). The molecule has 1 amide bonds. The third kappa shape index (κ3) is 5.61. The highest BCUT2D eigenvalue weighted by molar-refractivity contribution is 5.68. The van der Waals surface area contributed by atoms with Crippen LogP contribution >= 0.6 is 0 Å². The molecular formula is C17H25N3O3. The molecule has 1 aliphatic heterocycles. The Morgan fingerprint density at radius 2 is 2.30 bits per heavy atom. The summed E-state index contributed by atoms with van der Waals surface area (Å²) in [5, 5.41) is 12.0. The number of amides is 1. The van der Waals surface area contributed by atoms with Crippen LogP contribution in [0.1, 0.15) is 45.1 Å². The molecule has 1 fully saturated rings. The van der Waals surface area contributed by atoms with Crippen molar-refractivity contribution < 1.29 is 13.9 Å². The summed E-state index contributed by atoms with van der Waals surface area (Å²) in [5.74, 6) is 1.61. The van der Waals surface area contributed by atoms with Crippen LogP contribution in [0.5, 0.6) is 0 Å². The van der Waals surface area contributed by atoms with Gasteiger partial charge in [0.05, 0.1) is 6.54 Å². The largest absolute Gasteiger partial charge is 0.449 e. The topological polar surface area (TPSA) is 78.5 Å². The summed E-state index contributed by atoms with van der Waals surface area (Å²) in [5.41, 5.74) is -0.442. The van der Waals surface area contributed by atoms with Crippen molar-refractivity contribution in [3.63, 3.8) is 0 Å². The van der Waals surface area contributed by atoms with Crippen LogP contribution in [0.3, 0.4) is 0 Å². The molecule has 0 saturated carbocycles. The van der Waals surface area contributed by atoms with Gasteiger partial charge in [-0.25, -0.2) is 4.79 Å². The lowest BCUT2D eigenvalue weighted by atomic mass is 10.1. The van der Waals surface area contributed by atoms with Gasteiger partial charge in [-0.2, -0.15) is 5.26 Å². The fraction of sp³-hybridized carbons (Fsp3) is 0.647. The second-order valence-electron chi connectivity index (χ2n) is 6.92. The zero-order valence-corrected chi connectivity index (χ0v) is 14.1. The normalized spacial score (nSPS) is 18.0. The molecule has 0 aliphatic carbocycles. The van der Waals surface area contributed by atoms with Gasteiger partial charge in [0.25, 0.3) is 0 Å². The molecule has 6 nitrogen and oxygen atoms in total. The smallest absolute Gasteiger partial charge is 0.410 e. The highest BCUT2D eigenvalue weighted by Gasteiger charge is 2.29. The minimum absolute atomic E-state index is 0.215. The van der Waals surface area contributed by atoms with Crippen LogP contribution in [0.2, 0.25) is 0 Å². The Balaban J connectivity index is 1.64. The lowest BCUT2D eigenvalue weighted by Gasteiger charge is -2.24. The first-order chi connectivity index (χ1) is 10.9. The number of likely N-dealkylation sites (tertiary alicyclic amines) is 1. The van der Waals surface area contributed by atoms with E-state index >= 15 is 0 Å². The monoisotopic (exact) mass is 319 g/mol. The average molecular weight is 319 g/mol. The van der Waals surface area contributed by atoms with Crippen molar-refractivity contribution in [3.8, 4) is 6.07 Å². The van der Waals surface area contributed by atoms with Crippen molar-refractivity contribution in [1.29, 1.82) is 5.26 Å². The van der Waals surface area contributed by atoms with Crippen LogP contribution in [0.15, 0.2) is 16.5 Å². The summed E-state index contributed by atoms with van der Waals surface area (Å²) in [7, 11) is 0. The first-order valence-corrected chi connectivity index (χ1v) is 8.05. The first-order valence-electron chi connectivity index (χ1n) is 8.05. The number of hydrogen-bond acceptors (Lipinski definition) is 5. The molecule has 0 bridgehead atoms. The Hall–Kier alpha value is -2.00. The third-order valence-corrected chi connectivity index (χ3v) is 3.74. The van der Waals surface area contributed by atoms with Gasteiger partial charge in [0.1, 0.15) is 17.4 Å². The van der Waals surface area contributed by atoms with E-state index in [1.165, 1.54) is 0 Å². The summed E-state index contributed by atoms with van der Waals surface area (Å²) < 4.78 is 10.7. The Morgan fingerprint density at radius 3 is 2.96 bits per heavy atom. The maximum absolute atomic E-state index is 12.0. The number of carbonyl (C=O) groups is 1. The molecule has 2 heterocycles. The third-order valence-electron chi connectivity index (χ3n) is 3.74. The Bertz CT molecular complexity index is 568. The van der Waals surface area contributed by atoms with E-state index in [1.807, 2.05) is 32.9 Å².